The van der Waals surface area contributed by atoms with Crippen molar-refractivity contribution in [2.45, 2.75) is 50.9 Å². The molecule has 178 valence electrons. The zero-order valence-electron chi connectivity index (χ0n) is 19.1. The highest BCUT2D eigenvalue weighted by Crippen LogP contribution is 2.45. The van der Waals surface area contributed by atoms with Crippen molar-refractivity contribution in [1.82, 2.24) is 5.32 Å². The van der Waals surface area contributed by atoms with E-state index in [0.717, 1.165) is 19.3 Å². The largest absolute Gasteiger partial charge is 0.484 e. The molecule has 0 radical (unpaired) electrons. The number of hydrogen-bond donors (Lipinski definition) is 2. The number of benzene rings is 2. The van der Waals surface area contributed by atoms with E-state index in [-0.39, 0.29) is 16.9 Å². The smallest absolute Gasteiger partial charge is 0.280 e. The first-order chi connectivity index (χ1) is 16.2. The van der Waals surface area contributed by atoms with Gasteiger partial charge in [0.05, 0.1) is 27.5 Å². The van der Waals surface area contributed by atoms with E-state index in [4.69, 9.17) is 4.74 Å². The highest BCUT2D eigenvalue weighted by molar-refractivity contribution is 5.77. The van der Waals surface area contributed by atoms with Crippen LogP contribution in [0, 0.1) is 20.2 Å². The fourth-order valence-corrected chi connectivity index (χ4v) is 4.45. The van der Waals surface area contributed by atoms with Gasteiger partial charge in [-0.1, -0.05) is 35.9 Å². The third-order valence-corrected chi connectivity index (χ3v) is 6.28. The second-order valence-corrected chi connectivity index (χ2v) is 9.06. The van der Waals surface area contributed by atoms with Gasteiger partial charge in [0, 0.05) is 17.7 Å². The number of rotatable bonds is 7. The molecule has 0 saturated heterocycles. The Balaban J connectivity index is 1.74. The van der Waals surface area contributed by atoms with Crippen LogP contribution < -0.4 is 10.1 Å². The summed E-state index contributed by atoms with van der Waals surface area (Å²) < 4.78 is 5.98. The molecule has 0 aromatic heterocycles. The van der Waals surface area contributed by atoms with Gasteiger partial charge in [-0.25, -0.2) is 0 Å². The average molecular weight is 466 g/mol. The molecule has 1 aliphatic carbocycles. The third-order valence-electron chi connectivity index (χ3n) is 6.28. The van der Waals surface area contributed by atoms with Gasteiger partial charge in [0.15, 0.2) is 0 Å². The van der Waals surface area contributed by atoms with Gasteiger partial charge >= 0.3 is 0 Å². The summed E-state index contributed by atoms with van der Waals surface area (Å²) in [6.45, 7) is 4.07. The van der Waals surface area contributed by atoms with Crippen molar-refractivity contribution in [3.8, 4) is 16.9 Å². The summed E-state index contributed by atoms with van der Waals surface area (Å²) in [5.41, 5.74) is 1.02. The standard InChI is InChI=1S/C25H27N3O6/c1-25(2)24(29)23(26-12-11-16-7-4-3-5-8-16)20-14-19(21(28(32)33)15-22(20)34-25)17-9-6-10-18(13-17)27(30)31/h4,6-10,13-15,23-24,26,29H,3,5,11-12H2,1-2H3. The minimum Gasteiger partial charge on any atom is -0.484 e. The van der Waals surface area contributed by atoms with Crippen LogP contribution in [0.25, 0.3) is 11.1 Å². The lowest BCUT2D eigenvalue weighted by Gasteiger charge is -2.42. The summed E-state index contributed by atoms with van der Waals surface area (Å²) in [6, 6.07) is 8.14. The molecule has 4 rings (SSSR count). The highest BCUT2D eigenvalue weighted by Gasteiger charge is 2.44. The van der Waals surface area contributed by atoms with Gasteiger partial charge in [0.25, 0.3) is 11.4 Å². The van der Waals surface area contributed by atoms with E-state index >= 15 is 0 Å². The summed E-state index contributed by atoms with van der Waals surface area (Å²) >= 11 is 0. The van der Waals surface area contributed by atoms with Crippen LogP contribution in [0.4, 0.5) is 11.4 Å². The number of nitrogens with zero attached hydrogens (tertiary/aromatic N) is 2. The minimum absolute atomic E-state index is 0.162. The number of nitrogens with one attached hydrogen (secondary N) is 1. The number of allylic oxidation sites excluding steroid dienone is 3. The summed E-state index contributed by atoms with van der Waals surface area (Å²) in [5, 5.41) is 37.6. The Bertz CT molecular complexity index is 1190. The second kappa shape index (κ2) is 9.36. The Morgan fingerprint density at radius 2 is 1.94 bits per heavy atom. The van der Waals surface area contributed by atoms with E-state index in [1.54, 1.807) is 26.0 Å². The quantitative estimate of drug-likeness (QED) is 0.435. The number of ether oxygens (including phenoxy) is 1. The number of hydrogen-bond acceptors (Lipinski definition) is 7. The molecule has 2 atom stereocenters. The Morgan fingerprint density at radius 3 is 2.62 bits per heavy atom. The molecule has 1 aliphatic heterocycles. The summed E-state index contributed by atoms with van der Waals surface area (Å²) in [7, 11) is 0. The molecule has 2 aromatic carbocycles. The maximum Gasteiger partial charge on any atom is 0.280 e. The van der Waals surface area contributed by atoms with Gasteiger partial charge in [0.1, 0.15) is 17.5 Å². The normalized spacial score (nSPS) is 20.7. The zero-order chi connectivity index (χ0) is 24.5. The molecule has 9 heteroatoms. The lowest BCUT2D eigenvalue weighted by Crippen LogP contribution is -2.52. The molecule has 1 heterocycles. The SMILES string of the molecule is CC1(C)Oc2cc([N+](=O)[O-])c(-c3cccc([N+](=O)[O-])c3)cc2C(NCCC2=CCCC=C2)C1O. The van der Waals surface area contributed by atoms with Crippen LogP contribution in [-0.2, 0) is 0 Å². The monoisotopic (exact) mass is 465 g/mol. The topological polar surface area (TPSA) is 128 Å². The second-order valence-electron chi connectivity index (χ2n) is 9.06. The highest BCUT2D eigenvalue weighted by atomic mass is 16.6. The predicted octanol–water partition coefficient (Wildman–Crippen LogP) is 5.00. The van der Waals surface area contributed by atoms with Crippen molar-refractivity contribution in [1.29, 1.82) is 0 Å². The molecular formula is C25H27N3O6. The molecule has 0 spiro atoms. The van der Waals surface area contributed by atoms with Crippen molar-refractivity contribution < 1.29 is 19.7 Å². The van der Waals surface area contributed by atoms with Gasteiger partial charge in [-0.3, -0.25) is 20.2 Å². The number of aliphatic hydroxyl groups is 1. The van der Waals surface area contributed by atoms with Crippen LogP contribution in [0.1, 0.15) is 44.7 Å². The van der Waals surface area contributed by atoms with Crippen LogP contribution in [0.3, 0.4) is 0 Å². The zero-order valence-corrected chi connectivity index (χ0v) is 19.1. The summed E-state index contributed by atoms with van der Waals surface area (Å²) in [5.74, 6) is 0.311. The molecule has 0 amide bonds. The van der Waals surface area contributed by atoms with Gasteiger partial charge < -0.3 is 15.2 Å². The molecule has 0 fully saturated rings. The summed E-state index contributed by atoms with van der Waals surface area (Å²) in [4.78, 5) is 22.1. The average Bonchev–Trinajstić information content (AvgIpc) is 2.81. The first-order valence-electron chi connectivity index (χ1n) is 11.2. The maximum atomic E-state index is 11.9. The number of fused-ring (bicyclic) bond motifs is 1. The van der Waals surface area contributed by atoms with E-state index < -0.39 is 27.6 Å². The molecule has 0 bridgehead atoms. The molecule has 2 unspecified atom stereocenters. The van der Waals surface area contributed by atoms with E-state index in [1.807, 2.05) is 0 Å². The number of aliphatic hydroxyl groups excluding tert-OH is 1. The molecule has 0 saturated carbocycles. The van der Waals surface area contributed by atoms with Gasteiger partial charge in [0.2, 0.25) is 0 Å². The fourth-order valence-electron chi connectivity index (χ4n) is 4.45. The Labute approximate surface area is 197 Å². The number of nitro benzene ring substituents is 2. The van der Waals surface area contributed by atoms with Crippen molar-refractivity contribution >= 4 is 11.4 Å². The van der Waals surface area contributed by atoms with E-state index in [9.17, 15) is 25.3 Å². The van der Waals surface area contributed by atoms with E-state index in [1.165, 1.54) is 29.8 Å². The van der Waals surface area contributed by atoms with Crippen LogP contribution in [0.5, 0.6) is 5.75 Å². The Morgan fingerprint density at radius 1 is 1.15 bits per heavy atom. The first-order valence-corrected chi connectivity index (χ1v) is 11.2. The fraction of sp³-hybridized carbons (Fsp3) is 0.360. The van der Waals surface area contributed by atoms with Crippen molar-refractivity contribution in [2.75, 3.05) is 6.54 Å². The Kier molecular flexibility index (Phi) is 6.49. The maximum absolute atomic E-state index is 11.9. The molecule has 2 aromatic rings. The lowest BCUT2D eigenvalue weighted by molar-refractivity contribution is -0.385. The molecule has 2 aliphatic rings. The van der Waals surface area contributed by atoms with Crippen molar-refractivity contribution in [3.05, 3.63) is 86.0 Å². The molecular weight excluding hydrogens is 438 g/mol. The minimum atomic E-state index is -0.977. The van der Waals surface area contributed by atoms with E-state index in [0.29, 0.717) is 23.4 Å². The van der Waals surface area contributed by atoms with Gasteiger partial charge in [-0.15, -0.1) is 0 Å². The number of nitro groups is 2. The Hall–Kier alpha value is -3.56. The molecule has 9 nitrogen and oxygen atoms in total. The van der Waals surface area contributed by atoms with Crippen LogP contribution in [0.15, 0.2) is 60.2 Å². The van der Waals surface area contributed by atoms with Gasteiger partial charge in [-0.2, -0.15) is 0 Å². The summed E-state index contributed by atoms with van der Waals surface area (Å²) in [6.07, 6.45) is 8.35. The molecule has 34 heavy (non-hydrogen) atoms. The molecule has 2 N–H and O–H groups in total. The lowest BCUT2D eigenvalue weighted by atomic mass is 9.84. The first kappa shape index (κ1) is 23.6. The van der Waals surface area contributed by atoms with Crippen LogP contribution >= 0.6 is 0 Å². The van der Waals surface area contributed by atoms with E-state index in [2.05, 4.69) is 23.5 Å². The predicted molar refractivity (Wildman–Crippen MR) is 128 cm³/mol. The van der Waals surface area contributed by atoms with Gasteiger partial charge in [-0.05, 0) is 51.3 Å². The third kappa shape index (κ3) is 4.71. The van der Waals surface area contributed by atoms with Crippen molar-refractivity contribution in [3.63, 3.8) is 0 Å². The van der Waals surface area contributed by atoms with Crippen LogP contribution in [0.2, 0.25) is 0 Å². The number of non-ortho nitro benzene ring substituents is 1. The van der Waals surface area contributed by atoms with Crippen LogP contribution in [-0.4, -0.2) is 33.2 Å². The van der Waals surface area contributed by atoms with Crippen molar-refractivity contribution in [2.24, 2.45) is 0 Å².